The average Bonchev–Trinajstić information content (AvgIpc) is 3.10. The third-order valence-corrected chi connectivity index (χ3v) is 3.22. The Balaban J connectivity index is 1.80. The first-order valence-corrected chi connectivity index (χ1v) is 6.35. The highest BCUT2D eigenvalue weighted by atomic mass is 16.4. The minimum absolute atomic E-state index is 0.366. The molecule has 0 amide bonds. The van der Waals surface area contributed by atoms with E-state index in [4.69, 9.17) is 8.83 Å². The van der Waals surface area contributed by atoms with Gasteiger partial charge in [0, 0.05) is 0 Å². The van der Waals surface area contributed by atoms with Gasteiger partial charge in [0.15, 0.2) is 11.2 Å². The van der Waals surface area contributed by atoms with Crippen LogP contribution in [-0.2, 0) is 0 Å². The van der Waals surface area contributed by atoms with Gasteiger partial charge in [-0.05, 0) is 31.2 Å². The fraction of sp³-hybridized carbons (Fsp3) is 0.0625. The van der Waals surface area contributed by atoms with Crippen molar-refractivity contribution < 1.29 is 8.83 Å². The minimum Gasteiger partial charge on any atom is -0.440 e. The van der Waals surface area contributed by atoms with Crippen molar-refractivity contribution in [1.82, 2.24) is 9.97 Å². The molecule has 0 aliphatic heterocycles. The van der Waals surface area contributed by atoms with E-state index in [1.54, 1.807) is 0 Å². The summed E-state index contributed by atoms with van der Waals surface area (Å²) in [4.78, 5) is 8.86. The van der Waals surface area contributed by atoms with Crippen LogP contribution >= 0.6 is 0 Å². The highest BCUT2D eigenvalue weighted by molar-refractivity contribution is 5.73. The van der Waals surface area contributed by atoms with Gasteiger partial charge in [-0.1, -0.05) is 24.3 Å². The predicted octanol–water partition coefficient (Wildman–Crippen LogP) is 3.93. The summed E-state index contributed by atoms with van der Waals surface area (Å²) in [5, 5.41) is 0. The Bertz CT molecular complexity index is 751. The molecule has 0 saturated heterocycles. The number of nitrogens with zero attached hydrogens (tertiary/aromatic N) is 2. The molecule has 4 heteroatoms. The second kappa shape index (κ2) is 4.20. The van der Waals surface area contributed by atoms with Gasteiger partial charge in [-0.15, -0.1) is 0 Å². The van der Waals surface area contributed by atoms with Crippen LogP contribution in [0.25, 0.3) is 22.2 Å². The summed E-state index contributed by atoms with van der Waals surface area (Å²) in [5.41, 5.74) is 3.11. The Kier molecular flexibility index (Phi) is 2.36. The van der Waals surface area contributed by atoms with E-state index in [0.717, 1.165) is 22.2 Å². The standard InChI is InChI=1S/C16H11N2O2/c1-10(15-17-11-6-2-4-8-13(11)19-15)16-18-12-7-3-5-9-14(12)20-16/h2-10H,1H2. The largest absolute Gasteiger partial charge is 0.440 e. The summed E-state index contributed by atoms with van der Waals surface area (Å²) < 4.78 is 11.4. The molecule has 2 aromatic carbocycles. The summed E-state index contributed by atoms with van der Waals surface area (Å²) in [6, 6.07) is 15.2. The lowest BCUT2D eigenvalue weighted by atomic mass is 10.2. The number of benzene rings is 2. The van der Waals surface area contributed by atoms with E-state index >= 15 is 0 Å². The molecule has 0 N–H and O–H groups in total. The second-order valence-corrected chi connectivity index (χ2v) is 4.59. The van der Waals surface area contributed by atoms with Crippen molar-refractivity contribution in [2.24, 2.45) is 0 Å². The van der Waals surface area contributed by atoms with Crippen molar-refractivity contribution in [3.05, 3.63) is 67.2 Å². The number of aromatic nitrogens is 2. The van der Waals surface area contributed by atoms with Crippen molar-refractivity contribution in [2.45, 2.75) is 5.92 Å². The van der Waals surface area contributed by atoms with Crippen molar-refractivity contribution in [3.63, 3.8) is 0 Å². The quantitative estimate of drug-likeness (QED) is 0.549. The van der Waals surface area contributed by atoms with Gasteiger partial charge in [-0.3, -0.25) is 0 Å². The fourth-order valence-electron chi connectivity index (χ4n) is 2.18. The Morgan fingerprint density at radius 2 is 1.20 bits per heavy atom. The molecule has 4 aromatic rings. The molecule has 0 bridgehead atoms. The van der Waals surface area contributed by atoms with E-state index < -0.39 is 0 Å². The molecule has 0 spiro atoms. The van der Waals surface area contributed by atoms with E-state index in [2.05, 4.69) is 16.9 Å². The first-order chi connectivity index (χ1) is 9.81. The van der Waals surface area contributed by atoms with Crippen molar-refractivity contribution >= 4 is 22.2 Å². The van der Waals surface area contributed by atoms with Crippen LogP contribution in [0, 0.1) is 6.92 Å². The number of oxazole rings is 2. The van der Waals surface area contributed by atoms with E-state index in [0.29, 0.717) is 11.8 Å². The molecule has 4 nitrogen and oxygen atoms in total. The third-order valence-electron chi connectivity index (χ3n) is 3.22. The predicted molar refractivity (Wildman–Crippen MR) is 75.2 cm³/mol. The molecule has 0 saturated carbocycles. The molecule has 1 radical (unpaired) electrons. The molecule has 4 rings (SSSR count). The first-order valence-electron chi connectivity index (χ1n) is 6.35. The van der Waals surface area contributed by atoms with Gasteiger partial charge < -0.3 is 8.83 Å². The molecular formula is C16H11N2O2. The zero-order valence-corrected chi connectivity index (χ0v) is 10.6. The maximum atomic E-state index is 5.71. The number of hydrogen-bond acceptors (Lipinski definition) is 4. The summed E-state index contributed by atoms with van der Waals surface area (Å²) in [6.07, 6.45) is 0. The molecule has 0 atom stereocenters. The average molecular weight is 263 g/mol. The number of fused-ring (bicyclic) bond motifs is 2. The zero-order chi connectivity index (χ0) is 13.5. The monoisotopic (exact) mass is 263 g/mol. The van der Waals surface area contributed by atoms with Gasteiger partial charge in [-0.2, -0.15) is 0 Å². The van der Waals surface area contributed by atoms with Crippen LogP contribution in [0.2, 0.25) is 0 Å². The number of rotatable bonds is 2. The number of para-hydroxylation sites is 4. The SMILES string of the molecule is [CH2]C(c1nc2ccccc2o1)c1nc2ccccc2o1. The maximum absolute atomic E-state index is 5.71. The lowest BCUT2D eigenvalue weighted by molar-refractivity contribution is 0.462. The van der Waals surface area contributed by atoms with E-state index in [9.17, 15) is 0 Å². The summed E-state index contributed by atoms with van der Waals surface area (Å²) in [6.45, 7) is 4.06. The smallest absolute Gasteiger partial charge is 0.207 e. The van der Waals surface area contributed by atoms with Crippen LogP contribution < -0.4 is 0 Å². The Morgan fingerprint density at radius 1 is 0.750 bits per heavy atom. The normalized spacial score (nSPS) is 11.7. The summed E-state index contributed by atoms with van der Waals surface area (Å²) >= 11 is 0. The molecule has 0 fully saturated rings. The maximum Gasteiger partial charge on any atom is 0.207 e. The summed E-state index contributed by atoms with van der Waals surface area (Å²) in [5.74, 6) is 0.658. The molecule has 0 aliphatic carbocycles. The molecule has 2 heterocycles. The van der Waals surface area contributed by atoms with Gasteiger partial charge in [0.2, 0.25) is 11.8 Å². The minimum atomic E-state index is -0.366. The van der Waals surface area contributed by atoms with Gasteiger partial charge in [0.25, 0.3) is 0 Å². The topological polar surface area (TPSA) is 52.1 Å². The van der Waals surface area contributed by atoms with Gasteiger partial charge >= 0.3 is 0 Å². The lowest BCUT2D eigenvalue weighted by Gasteiger charge is -2.00. The van der Waals surface area contributed by atoms with Crippen LogP contribution in [0.15, 0.2) is 57.4 Å². The first kappa shape index (κ1) is 11.2. The van der Waals surface area contributed by atoms with E-state index in [1.807, 2.05) is 48.5 Å². The van der Waals surface area contributed by atoms with Crippen LogP contribution in [-0.4, -0.2) is 9.97 Å². The lowest BCUT2D eigenvalue weighted by Crippen LogP contribution is -1.96. The Hall–Kier alpha value is -2.62. The Labute approximate surface area is 115 Å². The van der Waals surface area contributed by atoms with Crippen LogP contribution in [0.1, 0.15) is 17.7 Å². The van der Waals surface area contributed by atoms with Gasteiger partial charge in [-0.25, -0.2) is 9.97 Å². The summed E-state index contributed by atoms with van der Waals surface area (Å²) in [7, 11) is 0. The molecule has 97 valence electrons. The van der Waals surface area contributed by atoms with Crippen molar-refractivity contribution in [1.29, 1.82) is 0 Å². The molecule has 0 unspecified atom stereocenters. The highest BCUT2D eigenvalue weighted by Crippen LogP contribution is 2.28. The van der Waals surface area contributed by atoms with Crippen LogP contribution in [0.4, 0.5) is 0 Å². The molecule has 0 aliphatic rings. The molecule has 20 heavy (non-hydrogen) atoms. The third kappa shape index (κ3) is 1.69. The van der Waals surface area contributed by atoms with Crippen LogP contribution in [0.5, 0.6) is 0 Å². The van der Waals surface area contributed by atoms with Crippen molar-refractivity contribution in [3.8, 4) is 0 Å². The van der Waals surface area contributed by atoms with Crippen molar-refractivity contribution in [2.75, 3.05) is 0 Å². The molecule has 2 aromatic heterocycles. The molecular weight excluding hydrogens is 252 g/mol. The Morgan fingerprint density at radius 3 is 1.65 bits per heavy atom. The fourth-order valence-corrected chi connectivity index (χ4v) is 2.18. The zero-order valence-electron chi connectivity index (χ0n) is 10.6. The van der Waals surface area contributed by atoms with Gasteiger partial charge in [0.05, 0.1) is 0 Å². The van der Waals surface area contributed by atoms with E-state index in [1.165, 1.54) is 0 Å². The van der Waals surface area contributed by atoms with E-state index in [-0.39, 0.29) is 5.92 Å². The second-order valence-electron chi connectivity index (χ2n) is 4.59. The van der Waals surface area contributed by atoms with Gasteiger partial charge in [0.1, 0.15) is 17.0 Å². The highest BCUT2D eigenvalue weighted by Gasteiger charge is 2.21. The van der Waals surface area contributed by atoms with Crippen LogP contribution in [0.3, 0.4) is 0 Å². The number of hydrogen-bond donors (Lipinski definition) is 0.